The minimum absolute atomic E-state index is 0.0335. The molecule has 3 unspecified atom stereocenters. The molecule has 5 aliphatic rings. The first-order chi connectivity index (χ1) is 20.9. The maximum Gasteiger partial charge on any atom is 0.472 e. The number of carbonyl (C=O) groups excluding carboxylic acids is 1. The SMILES string of the molecule is C[C@H]1[C@@H]2OP(=O)(O)OC[C@@H]3C[C@@H](OP(=O)(O)OC[C@H]2O[C@H]1n1cnc2c(N)ncnc21)[C@H](N1C=NC2C(=O)NC(=N)N=C21)O3. The number of guanidine groups is 1. The fourth-order valence-electron chi connectivity index (χ4n) is 5.68. The number of nitrogens with one attached hydrogen (secondary N) is 2. The van der Waals surface area contributed by atoms with Crippen LogP contribution in [0.1, 0.15) is 19.6 Å². The zero-order valence-corrected chi connectivity index (χ0v) is 24.4. The molecular formula is C21H26N10O11P2. The number of amidine groups is 1. The average molecular weight is 656 g/mol. The number of fused-ring (bicyclic) bond motifs is 5. The highest BCUT2D eigenvalue weighted by Crippen LogP contribution is 2.54. The third kappa shape index (κ3) is 5.24. The number of aliphatic imine (C=N–C) groups is 2. The van der Waals surface area contributed by atoms with Crippen LogP contribution in [0, 0.1) is 11.3 Å². The Hall–Kier alpha value is -3.23. The van der Waals surface area contributed by atoms with E-state index >= 15 is 0 Å². The average Bonchev–Trinajstić information content (AvgIpc) is 3.72. The zero-order valence-electron chi connectivity index (χ0n) is 22.6. The number of aromatic nitrogens is 4. The molecule has 0 aromatic carbocycles. The quantitative estimate of drug-likeness (QED) is 0.249. The number of amides is 1. The second kappa shape index (κ2) is 10.7. The maximum atomic E-state index is 13.2. The lowest BCUT2D eigenvalue weighted by molar-refractivity contribution is -0.119. The molecule has 2 bridgehead atoms. The molecule has 7 heterocycles. The fraction of sp³-hybridized carbons (Fsp3) is 0.571. The number of nitrogens with zero attached hydrogens (tertiary/aromatic N) is 7. The van der Waals surface area contributed by atoms with Crippen LogP contribution in [0.3, 0.4) is 0 Å². The van der Waals surface area contributed by atoms with Crippen molar-refractivity contribution in [3.05, 3.63) is 12.7 Å². The molecule has 0 radical (unpaired) electrons. The lowest BCUT2D eigenvalue weighted by Gasteiger charge is -2.31. The first-order valence-corrected chi connectivity index (χ1v) is 16.2. The Balaban J connectivity index is 1.15. The number of phosphoric ester groups is 2. The van der Waals surface area contributed by atoms with E-state index in [1.165, 1.54) is 28.5 Å². The number of imidazole rings is 1. The smallest absolute Gasteiger partial charge is 0.382 e. The third-order valence-corrected chi connectivity index (χ3v) is 9.64. The number of hydrogen-bond donors (Lipinski definition) is 5. The summed E-state index contributed by atoms with van der Waals surface area (Å²) in [5.41, 5.74) is 6.53. The van der Waals surface area contributed by atoms with Crippen molar-refractivity contribution in [2.75, 3.05) is 18.9 Å². The molecule has 44 heavy (non-hydrogen) atoms. The maximum absolute atomic E-state index is 13.2. The first kappa shape index (κ1) is 29.5. The Morgan fingerprint density at radius 1 is 1.07 bits per heavy atom. The second-order valence-corrected chi connectivity index (χ2v) is 13.3. The van der Waals surface area contributed by atoms with Crippen molar-refractivity contribution in [2.24, 2.45) is 15.9 Å². The number of carbonyl (C=O) groups is 1. The Kier molecular flexibility index (Phi) is 7.16. The summed E-state index contributed by atoms with van der Waals surface area (Å²) in [4.78, 5) is 55.4. The van der Waals surface area contributed by atoms with E-state index in [-0.39, 0.29) is 18.1 Å². The van der Waals surface area contributed by atoms with Gasteiger partial charge < -0.3 is 25.0 Å². The van der Waals surface area contributed by atoms with Gasteiger partial charge in [0.05, 0.1) is 32.0 Å². The van der Waals surface area contributed by atoms with Gasteiger partial charge in [-0.2, -0.15) is 4.99 Å². The normalized spacial score (nSPS) is 41.0. The van der Waals surface area contributed by atoms with Crippen molar-refractivity contribution < 1.29 is 51.3 Å². The second-order valence-electron chi connectivity index (χ2n) is 10.5. The van der Waals surface area contributed by atoms with Crippen LogP contribution in [-0.4, -0.2) is 108 Å². The topological polar surface area (TPSA) is 281 Å². The highest BCUT2D eigenvalue weighted by molar-refractivity contribution is 7.47. The number of phosphoric acid groups is 2. The van der Waals surface area contributed by atoms with E-state index in [4.69, 9.17) is 38.7 Å². The van der Waals surface area contributed by atoms with E-state index in [9.17, 15) is 23.7 Å². The standard InChI is InChI=1S/C21H26N10O11P2/c1-8-14-11(40-19(8)30-6-26-12-15(22)24-5-25-16(12)30)4-38-43(33,34)41-10-2-9(3-37-44(35,36)42-14)39-20(10)31-7-27-13-17(31)28-21(23)29-18(13)32/h5-11,13-14,19-20H,2-4H2,1H3,(H,33,34)(H,35,36)(H2,22,24,25)(H2,23,29,32)/t8-,9-,10+,11+,13?,14-,19+,20+/m0/s1. The molecule has 3 fully saturated rings. The summed E-state index contributed by atoms with van der Waals surface area (Å²) < 4.78 is 61.6. The van der Waals surface area contributed by atoms with Gasteiger partial charge in [0.2, 0.25) is 5.96 Å². The molecule has 10 atom stereocenters. The molecule has 0 spiro atoms. The minimum Gasteiger partial charge on any atom is -0.382 e. The van der Waals surface area contributed by atoms with Gasteiger partial charge in [0, 0.05) is 12.3 Å². The van der Waals surface area contributed by atoms with Gasteiger partial charge in [-0.05, 0) is 0 Å². The molecule has 5 aliphatic heterocycles. The summed E-state index contributed by atoms with van der Waals surface area (Å²) in [5.74, 6) is -1.51. The van der Waals surface area contributed by atoms with Crippen LogP contribution in [0.4, 0.5) is 5.82 Å². The molecule has 7 rings (SSSR count). The van der Waals surface area contributed by atoms with E-state index in [1.54, 1.807) is 6.92 Å². The van der Waals surface area contributed by atoms with Gasteiger partial charge in [0.25, 0.3) is 5.91 Å². The first-order valence-electron chi connectivity index (χ1n) is 13.2. The lowest BCUT2D eigenvalue weighted by atomic mass is 10.0. The van der Waals surface area contributed by atoms with Crippen LogP contribution in [0.2, 0.25) is 0 Å². The molecule has 21 nitrogen and oxygen atoms in total. The molecule has 2 aromatic rings. The summed E-state index contributed by atoms with van der Waals surface area (Å²) >= 11 is 0. The van der Waals surface area contributed by atoms with Crippen LogP contribution < -0.4 is 11.1 Å². The van der Waals surface area contributed by atoms with Crippen molar-refractivity contribution in [3.63, 3.8) is 0 Å². The Morgan fingerprint density at radius 2 is 1.84 bits per heavy atom. The van der Waals surface area contributed by atoms with Crippen molar-refractivity contribution in [2.45, 2.75) is 56.3 Å². The summed E-state index contributed by atoms with van der Waals surface area (Å²) in [6.07, 6.45) is -2.73. The summed E-state index contributed by atoms with van der Waals surface area (Å²) in [6.45, 7) is 0.603. The number of ether oxygens (including phenoxy) is 2. The van der Waals surface area contributed by atoms with Crippen LogP contribution >= 0.6 is 15.6 Å². The van der Waals surface area contributed by atoms with E-state index in [0.29, 0.717) is 11.2 Å². The fourth-order valence-corrected chi connectivity index (χ4v) is 7.66. The van der Waals surface area contributed by atoms with Crippen LogP contribution in [0.25, 0.3) is 11.2 Å². The van der Waals surface area contributed by atoms with Crippen LogP contribution in [0.15, 0.2) is 22.6 Å². The summed E-state index contributed by atoms with van der Waals surface area (Å²) in [6, 6.07) is -1.07. The molecular weight excluding hydrogens is 630 g/mol. The van der Waals surface area contributed by atoms with Crippen LogP contribution in [-0.2, 0) is 41.5 Å². The van der Waals surface area contributed by atoms with Crippen molar-refractivity contribution >= 4 is 56.7 Å². The highest BCUT2D eigenvalue weighted by atomic mass is 31.2. The number of hydrogen-bond acceptors (Lipinski definition) is 16. The number of nitrogen functional groups attached to an aromatic ring is 1. The number of nitrogens with two attached hydrogens (primary N) is 1. The summed E-state index contributed by atoms with van der Waals surface area (Å²) in [7, 11) is -9.61. The van der Waals surface area contributed by atoms with E-state index in [2.05, 4.69) is 30.3 Å². The molecule has 236 valence electrons. The Labute approximate surface area is 247 Å². The van der Waals surface area contributed by atoms with Gasteiger partial charge in [0.15, 0.2) is 29.6 Å². The Bertz CT molecular complexity index is 1690. The molecule has 23 heteroatoms. The van der Waals surface area contributed by atoms with Crippen molar-refractivity contribution in [1.82, 2.24) is 29.7 Å². The van der Waals surface area contributed by atoms with E-state index < -0.39 is 89.6 Å². The van der Waals surface area contributed by atoms with Crippen molar-refractivity contribution in [3.8, 4) is 0 Å². The number of rotatable bonds is 2. The van der Waals surface area contributed by atoms with Gasteiger partial charge in [-0.1, -0.05) is 6.92 Å². The third-order valence-electron chi connectivity index (χ3n) is 7.64. The number of anilines is 1. The summed E-state index contributed by atoms with van der Waals surface area (Å²) in [5, 5.41) is 10.0. The predicted octanol–water partition coefficient (Wildman–Crippen LogP) is -0.749. The zero-order chi connectivity index (χ0) is 31.0. The molecule has 3 saturated heterocycles. The monoisotopic (exact) mass is 656 g/mol. The highest BCUT2D eigenvalue weighted by Gasteiger charge is 2.52. The lowest BCUT2D eigenvalue weighted by Crippen LogP contribution is -2.52. The molecule has 0 aliphatic carbocycles. The largest absolute Gasteiger partial charge is 0.472 e. The molecule has 0 saturated carbocycles. The molecule has 2 aromatic heterocycles. The van der Waals surface area contributed by atoms with Gasteiger partial charge in [-0.15, -0.1) is 0 Å². The minimum atomic E-state index is -4.84. The van der Waals surface area contributed by atoms with Crippen molar-refractivity contribution in [1.29, 1.82) is 5.41 Å². The van der Waals surface area contributed by atoms with Gasteiger partial charge in [-0.25, -0.2) is 24.1 Å². The van der Waals surface area contributed by atoms with E-state index in [1.807, 2.05) is 0 Å². The Morgan fingerprint density at radius 3 is 2.66 bits per heavy atom. The van der Waals surface area contributed by atoms with E-state index in [0.717, 1.165) is 0 Å². The van der Waals surface area contributed by atoms with Gasteiger partial charge in [-0.3, -0.25) is 48.1 Å². The van der Waals surface area contributed by atoms with Gasteiger partial charge >= 0.3 is 15.6 Å². The molecule has 6 N–H and O–H groups in total. The van der Waals surface area contributed by atoms with Crippen LogP contribution in [0.5, 0.6) is 0 Å². The predicted molar refractivity (Wildman–Crippen MR) is 145 cm³/mol. The van der Waals surface area contributed by atoms with Gasteiger partial charge in [0.1, 0.15) is 36.4 Å². The molecule has 1 amide bonds.